The van der Waals surface area contributed by atoms with E-state index in [1.165, 1.54) is 0 Å². The Morgan fingerprint density at radius 2 is 1.79 bits per heavy atom. The van der Waals surface area contributed by atoms with E-state index < -0.39 is 6.09 Å². The van der Waals surface area contributed by atoms with Gasteiger partial charge in [-0.15, -0.1) is 0 Å². The van der Waals surface area contributed by atoms with Crippen LogP contribution < -0.4 is 10.2 Å². The number of nitrogens with zero attached hydrogens (tertiary/aromatic N) is 2. The molecule has 0 aliphatic carbocycles. The summed E-state index contributed by atoms with van der Waals surface area (Å²) in [4.78, 5) is 28.3. The molecule has 1 aliphatic rings. The standard InChI is InChI=1S/C22H27N3O4/c1-3-29-22(27)23-19-10-8-17(9-11-19)21(26)24(2)16-18-6-4-5-7-20(18)25-12-14-28-15-13-25/h4-11H,3,12-16H2,1-2H3,(H,23,27). The number of amides is 2. The fourth-order valence-electron chi connectivity index (χ4n) is 3.29. The van der Waals surface area contributed by atoms with Crippen LogP contribution in [-0.2, 0) is 16.0 Å². The average molecular weight is 397 g/mol. The van der Waals surface area contributed by atoms with E-state index in [9.17, 15) is 9.59 Å². The predicted octanol–water partition coefficient (Wildman–Crippen LogP) is 3.36. The Hall–Kier alpha value is -3.06. The maximum atomic E-state index is 12.9. The van der Waals surface area contributed by atoms with Gasteiger partial charge < -0.3 is 19.3 Å². The van der Waals surface area contributed by atoms with Gasteiger partial charge in [-0.1, -0.05) is 18.2 Å². The molecular formula is C22H27N3O4. The number of anilines is 2. The fourth-order valence-corrected chi connectivity index (χ4v) is 3.29. The third kappa shape index (κ3) is 5.48. The van der Waals surface area contributed by atoms with Crippen LogP contribution in [0, 0.1) is 0 Å². The molecule has 3 rings (SSSR count). The number of hydrogen-bond donors (Lipinski definition) is 1. The van der Waals surface area contributed by atoms with Crippen molar-refractivity contribution in [2.45, 2.75) is 13.5 Å². The van der Waals surface area contributed by atoms with E-state index >= 15 is 0 Å². The van der Waals surface area contributed by atoms with E-state index in [-0.39, 0.29) is 5.91 Å². The molecule has 154 valence electrons. The van der Waals surface area contributed by atoms with Gasteiger partial charge in [0.25, 0.3) is 5.91 Å². The normalized spacial score (nSPS) is 13.7. The van der Waals surface area contributed by atoms with E-state index in [2.05, 4.69) is 22.3 Å². The maximum Gasteiger partial charge on any atom is 0.411 e. The molecule has 0 bridgehead atoms. The zero-order valence-corrected chi connectivity index (χ0v) is 16.9. The third-order valence-electron chi connectivity index (χ3n) is 4.75. The van der Waals surface area contributed by atoms with Crippen molar-refractivity contribution in [2.24, 2.45) is 0 Å². The van der Waals surface area contributed by atoms with Gasteiger partial charge in [0, 0.05) is 43.6 Å². The van der Waals surface area contributed by atoms with Crippen molar-refractivity contribution in [3.63, 3.8) is 0 Å². The van der Waals surface area contributed by atoms with E-state index in [4.69, 9.17) is 9.47 Å². The summed E-state index contributed by atoms with van der Waals surface area (Å²) in [6, 6.07) is 15.0. The summed E-state index contributed by atoms with van der Waals surface area (Å²) in [7, 11) is 1.79. The maximum absolute atomic E-state index is 12.9. The van der Waals surface area contributed by atoms with E-state index in [1.807, 2.05) is 12.1 Å². The average Bonchev–Trinajstić information content (AvgIpc) is 2.75. The summed E-state index contributed by atoms with van der Waals surface area (Å²) in [6.07, 6.45) is -0.511. The quantitative estimate of drug-likeness (QED) is 0.809. The topological polar surface area (TPSA) is 71.1 Å². The highest BCUT2D eigenvalue weighted by atomic mass is 16.5. The number of carbonyl (C=O) groups excluding carboxylic acids is 2. The van der Waals surface area contributed by atoms with Crippen LogP contribution in [-0.4, -0.2) is 56.9 Å². The molecular weight excluding hydrogens is 370 g/mol. The lowest BCUT2D eigenvalue weighted by Gasteiger charge is -2.31. The van der Waals surface area contributed by atoms with Crippen molar-refractivity contribution in [2.75, 3.05) is 50.2 Å². The van der Waals surface area contributed by atoms with E-state index in [1.54, 1.807) is 43.1 Å². The van der Waals surface area contributed by atoms with Gasteiger partial charge in [-0.3, -0.25) is 10.1 Å². The highest BCUT2D eigenvalue weighted by Crippen LogP contribution is 2.23. The summed E-state index contributed by atoms with van der Waals surface area (Å²) in [5.41, 5.74) is 3.39. The molecule has 1 heterocycles. The summed E-state index contributed by atoms with van der Waals surface area (Å²) >= 11 is 0. The van der Waals surface area contributed by atoms with Gasteiger partial charge >= 0.3 is 6.09 Å². The van der Waals surface area contributed by atoms with Crippen LogP contribution in [0.4, 0.5) is 16.2 Å². The molecule has 2 aromatic carbocycles. The smallest absolute Gasteiger partial charge is 0.411 e. The minimum absolute atomic E-state index is 0.0792. The van der Waals surface area contributed by atoms with Crippen molar-refractivity contribution >= 4 is 23.4 Å². The molecule has 2 aromatic rings. The molecule has 0 aromatic heterocycles. The van der Waals surface area contributed by atoms with Gasteiger partial charge in [0.05, 0.1) is 19.8 Å². The molecule has 29 heavy (non-hydrogen) atoms. The SMILES string of the molecule is CCOC(=O)Nc1ccc(C(=O)N(C)Cc2ccccc2N2CCOCC2)cc1. The van der Waals surface area contributed by atoms with Crippen LogP contribution in [0.25, 0.3) is 0 Å². The highest BCUT2D eigenvalue weighted by Gasteiger charge is 2.18. The lowest BCUT2D eigenvalue weighted by molar-refractivity contribution is 0.0785. The Morgan fingerprint density at radius 3 is 2.48 bits per heavy atom. The number of morpholine rings is 1. The number of hydrogen-bond acceptors (Lipinski definition) is 5. The first kappa shape index (κ1) is 20.7. The predicted molar refractivity (Wildman–Crippen MR) is 112 cm³/mol. The molecule has 1 N–H and O–H groups in total. The van der Waals surface area contributed by atoms with Crippen LogP contribution in [0.15, 0.2) is 48.5 Å². The lowest BCUT2D eigenvalue weighted by Crippen LogP contribution is -2.37. The number of benzene rings is 2. The summed E-state index contributed by atoms with van der Waals surface area (Å²) in [6.45, 7) is 5.69. The first-order chi connectivity index (χ1) is 14.1. The Morgan fingerprint density at radius 1 is 1.10 bits per heavy atom. The Kier molecular flexibility index (Phi) is 7.08. The molecule has 7 heteroatoms. The van der Waals surface area contributed by atoms with Crippen LogP contribution in [0.1, 0.15) is 22.8 Å². The Bertz CT molecular complexity index is 832. The molecule has 2 amide bonds. The second-order valence-electron chi connectivity index (χ2n) is 6.81. The number of ether oxygens (including phenoxy) is 2. The highest BCUT2D eigenvalue weighted by molar-refractivity contribution is 5.95. The zero-order chi connectivity index (χ0) is 20.6. The van der Waals surface area contributed by atoms with Crippen molar-refractivity contribution in [3.05, 3.63) is 59.7 Å². The third-order valence-corrected chi connectivity index (χ3v) is 4.75. The van der Waals surface area contributed by atoms with Crippen molar-refractivity contribution in [3.8, 4) is 0 Å². The monoisotopic (exact) mass is 397 g/mol. The summed E-state index contributed by atoms with van der Waals surface area (Å²) < 4.78 is 10.3. The van der Waals surface area contributed by atoms with Gasteiger partial charge in [0.15, 0.2) is 0 Å². The molecule has 1 saturated heterocycles. The molecule has 0 spiro atoms. The Labute approximate surface area is 171 Å². The molecule has 0 radical (unpaired) electrons. The molecule has 0 atom stereocenters. The molecule has 1 aliphatic heterocycles. The zero-order valence-electron chi connectivity index (χ0n) is 16.9. The first-order valence-electron chi connectivity index (χ1n) is 9.78. The van der Waals surface area contributed by atoms with E-state index in [0.29, 0.717) is 24.4 Å². The Balaban J connectivity index is 1.66. The lowest BCUT2D eigenvalue weighted by atomic mass is 10.1. The van der Waals surface area contributed by atoms with Crippen molar-refractivity contribution in [1.29, 1.82) is 0 Å². The van der Waals surface area contributed by atoms with Crippen LogP contribution in [0.2, 0.25) is 0 Å². The summed E-state index contributed by atoms with van der Waals surface area (Å²) in [5, 5.41) is 2.62. The van der Waals surface area contributed by atoms with Gasteiger partial charge in [-0.2, -0.15) is 0 Å². The molecule has 0 saturated carbocycles. The number of carbonyl (C=O) groups is 2. The molecule has 7 nitrogen and oxygen atoms in total. The van der Waals surface area contributed by atoms with Gasteiger partial charge in [0.2, 0.25) is 0 Å². The van der Waals surface area contributed by atoms with Crippen molar-refractivity contribution < 1.29 is 19.1 Å². The number of para-hydroxylation sites is 1. The van der Waals surface area contributed by atoms with Crippen LogP contribution in [0.3, 0.4) is 0 Å². The molecule has 1 fully saturated rings. The van der Waals surface area contributed by atoms with Gasteiger partial charge in [-0.05, 0) is 42.8 Å². The number of rotatable bonds is 6. The largest absolute Gasteiger partial charge is 0.450 e. The van der Waals surface area contributed by atoms with E-state index in [0.717, 1.165) is 37.6 Å². The van der Waals surface area contributed by atoms with Crippen LogP contribution in [0.5, 0.6) is 0 Å². The minimum atomic E-state index is -0.511. The van der Waals surface area contributed by atoms with Crippen LogP contribution >= 0.6 is 0 Å². The second kappa shape index (κ2) is 9.93. The van der Waals surface area contributed by atoms with Crippen molar-refractivity contribution in [1.82, 2.24) is 4.90 Å². The minimum Gasteiger partial charge on any atom is -0.450 e. The van der Waals surface area contributed by atoms with Gasteiger partial charge in [0.1, 0.15) is 0 Å². The number of nitrogens with one attached hydrogen (secondary N) is 1. The first-order valence-corrected chi connectivity index (χ1v) is 9.78. The molecule has 0 unspecified atom stereocenters. The van der Waals surface area contributed by atoms with Gasteiger partial charge in [-0.25, -0.2) is 4.79 Å². The fraction of sp³-hybridized carbons (Fsp3) is 0.364. The second-order valence-corrected chi connectivity index (χ2v) is 6.81. The summed E-state index contributed by atoms with van der Waals surface area (Å²) in [5.74, 6) is -0.0792.